The van der Waals surface area contributed by atoms with Gasteiger partial charge in [0.1, 0.15) is 11.3 Å². The van der Waals surface area contributed by atoms with Crippen molar-refractivity contribution in [1.29, 1.82) is 0 Å². The van der Waals surface area contributed by atoms with Crippen LogP contribution in [-0.4, -0.2) is 29.1 Å². The second kappa shape index (κ2) is 8.21. The second-order valence-electron chi connectivity index (χ2n) is 9.12. The van der Waals surface area contributed by atoms with Gasteiger partial charge in [-0.05, 0) is 53.4 Å². The van der Waals surface area contributed by atoms with Crippen molar-refractivity contribution < 1.29 is 19.4 Å². The van der Waals surface area contributed by atoms with Gasteiger partial charge in [-0.3, -0.25) is 9.78 Å². The number of carboxylic acid groups (broad SMARTS) is 1. The summed E-state index contributed by atoms with van der Waals surface area (Å²) in [7, 11) is 1.44. The van der Waals surface area contributed by atoms with E-state index in [1.54, 1.807) is 18.2 Å². The van der Waals surface area contributed by atoms with Gasteiger partial charge in [-0.2, -0.15) is 0 Å². The monoisotopic (exact) mass is 496 g/mol. The summed E-state index contributed by atoms with van der Waals surface area (Å²) in [5, 5.41) is 13.1. The Kier molecular flexibility index (Phi) is 5.09. The van der Waals surface area contributed by atoms with Gasteiger partial charge in [0, 0.05) is 28.9 Å². The van der Waals surface area contributed by atoms with Crippen LogP contribution in [0.1, 0.15) is 33.8 Å². The number of hydrogen-bond donors (Lipinski definition) is 2. The minimum Gasteiger partial charge on any atom is -0.496 e. The molecule has 2 atom stereocenters. The molecular formula is C29H21ClN2O4. The molecule has 2 aliphatic rings. The molecule has 3 aromatic carbocycles. The minimum atomic E-state index is -1.07. The predicted molar refractivity (Wildman–Crippen MR) is 138 cm³/mol. The molecule has 7 heteroatoms. The number of fused-ring (bicyclic) bond motifs is 2. The largest absolute Gasteiger partial charge is 0.496 e. The summed E-state index contributed by atoms with van der Waals surface area (Å²) in [6.07, 6.45) is 2.40. The van der Waals surface area contributed by atoms with Crippen LogP contribution in [0.4, 0.5) is 5.69 Å². The van der Waals surface area contributed by atoms with E-state index >= 15 is 0 Å². The van der Waals surface area contributed by atoms with Crippen molar-refractivity contribution in [2.75, 3.05) is 12.4 Å². The molecule has 178 valence electrons. The molecule has 2 heterocycles. The van der Waals surface area contributed by atoms with Crippen LogP contribution in [0.15, 0.2) is 79.0 Å². The van der Waals surface area contributed by atoms with Gasteiger partial charge >= 0.3 is 5.97 Å². The summed E-state index contributed by atoms with van der Waals surface area (Å²) in [4.78, 5) is 29.6. The zero-order valence-electron chi connectivity index (χ0n) is 19.3. The molecule has 4 aromatic rings. The number of aromatic nitrogens is 1. The number of pyridine rings is 1. The van der Waals surface area contributed by atoms with Gasteiger partial charge in [-0.1, -0.05) is 54.1 Å². The normalized spacial score (nSPS) is 19.6. The molecular weight excluding hydrogens is 476 g/mol. The Morgan fingerprint density at radius 2 is 1.89 bits per heavy atom. The van der Waals surface area contributed by atoms with E-state index in [0.717, 1.165) is 27.8 Å². The molecule has 1 saturated carbocycles. The molecule has 1 fully saturated rings. The first-order valence-electron chi connectivity index (χ1n) is 11.5. The Balaban J connectivity index is 1.38. The zero-order valence-corrected chi connectivity index (χ0v) is 20.0. The summed E-state index contributed by atoms with van der Waals surface area (Å²) in [6.45, 7) is 0. The lowest BCUT2D eigenvalue weighted by atomic mass is 9.90. The third-order valence-corrected chi connectivity index (χ3v) is 7.52. The molecule has 6 nitrogen and oxygen atoms in total. The van der Waals surface area contributed by atoms with E-state index < -0.39 is 11.4 Å². The third kappa shape index (κ3) is 3.37. The first-order valence-corrected chi connectivity index (χ1v) is 11.9. The number of nitrogens with zero attached hydrogens (tertiary/aromatic N) is 1. The Hall–Kier alpha value is -4.16. The summed E-state index contributed by atoms with van der Waals surface area (Å²) < 4.78 is 5.19. The maximum absolute atomic E-state index is 13.2. The number of aromatic carboxylic acids is 1. The SMILES string of the molecule is COc1ccc(C2CC23C(=O)Nc2cc(Cl)c(-c4ccc(-c5ccccc5)cn4)cc23)cc1C(=O)O. The highest BCUT2D eigenvalue weighted by molar-refractivity contribution is 6.34. The molecule has 1 aromatic heterocycles. The number of ether oxygens (including phenoxy) is 1. The van der Waals surface area contributed by atoms with Crippen LogP contribution in [0, 0.1) is 0 Å². The number of methoxy groups -OCH3 is 1. The molecule has 1 aliphatic carbocycles. The number of benzene rings is 3. The molecule has 0 saturated heterocycles. The van der Waals surface area contributed by atoms with Crippen LogP contribution >= 0.6 is 11.6 Å². The lowest BCUT2D eigenvalue weighted by molar-refractivity contribution is -0.118. The highest BCUT2D eigenvalue weighted by Crippen LogP contribution is 2.65. The smallest absolute Gasteiger partial charge is 0.339 e. The van der Waals surface area contributed by atoms with E-state index in [1.165, 1.54) is 7.11 Å². The van der Waals surface area contributed by atoms with E-state index in [-0.39, 0.29) is 23.1 Å². The van der Waals surface area contributed by atoms with Crippen LogP contribution in [0.3, 0.4) is 0 Å². The van der Waals surface area contributed by atoms with Crippen molar-refractivity contribution in [3.05, 3.63) is 101 Å². The van der Waals surface area contributed by atoms with Gasteiger partial charge in [0.25, 0.3) is 0 Å². The van der Waals surface area contributed by atoms with Gasteiger partial charge in [0.15, 0.2) is 0 Å². The Labute approximate surface area is 212 Å². The summed E-state index contributed by atoms with van der Waals surface area (Å²) in [5.74, 6) is -1.03. The molecule has 1 spiro atoms. The van der Waals surface area contributed by atoms with E-state index in [2.05, 4.69) is 10.3 Å². The number of carbonyl (C=O) groups is 2. The maximum Gasteiger partial charge on any atom is 0.339 e. The first kappa shape index (κ1) is 22.3. The average Bonchev–Trinajstić information content (AvgIpc) is 3.60. The van der Waals surface area contributed by atoms with Crippen molar-refractivity contribution in [3.63, 3.8) is 0 Å². The maximum atomic E-state index is 13.2. The number of anilines is 1. The highest BCUT2D eigenvalue weighted by Gasteiger charge is 2.65. The number of hydrogen-bond acceptors (Lipinski definition) is 4. The topological polar surface area (TPSA) is 88.5 Å². The fourth-order valence-electron chi connectivity index (χ4n) is 5.28. The Morgan fingerprint density at radius 3 is 2.58 bits per heavy atom. The fourth-order valence-corrected chi connectivity index (χ4v) is 5.54. The number of carbonyl (C=O) groups excluding carboxylic acids is 1. The Morgan fingerprint density at radius 1 is 1.08 bits per heavy atom. The fraction of sp³-hybridized carbons (Fsp3) is 0.138. The molecule has 2 N–H and O–H groups in total. The van der Waals surface area contributed by atoms with Crippen LogP contribution in [0.2, 0.25) is 5.02 Å². The zero-order chi connectivity index (χ0) is 25.0. The lowest BCUT2D eigenvalue weighted by Crippen LogP contribution is -2.21. The molecule has 36 heavy (non-hydrogen) atoms. The van der Waals surface area contributed by atoms with Crippen molar-refractivity contribution in [1.82, 2.24) is 4.98 Å². The van der Waals surface area contributed by atoms with Crippen molar-refractivity contribution in [2.24, 2.45) is 0 Å². The van der Waals surface area contributed by atoms with Gasteiger partial charge in [-0.25, -0.2) is 4.79 Å². The van der Waals surface area contributed by atoms with E-state index in [0.29, 0.717) is 22.8 Å². The molecule has 6 rings (SSSR count). The van der Waals surface area contributed by atoms with Gasteiger partial charge in [0.2, 0.25) is 5.91 Å². The minimum absolute atomic E-state index is 0.0789. The molecule has 0 bridgehead atoms. The summed E-state index contributed by atoms with van der Waals surface area (Å²) in [5.41, 5.74) is 5.19. The molecule has 2 unspecified atom stereocenters. The first-order chi connectivity index (χ1) is 17.4. The van der Waals surface area contributed by atoms with E-state index in [4.69, 9.17) is 16.3 Å². The van der Waals surface area contributed by atoms with E-state index in [9.17, 15) is 14.7 Å². The predicted octanol–water partition coefficient (Wildman–Crippen LogP) is 6.15. The van der Waals surface area contributed by atoms with Gasteiger partial charge in [0.05, 0.1) is 23.2 Å². The van der Waals surface area contributed by atoms with Crippen molar-refractivity contribution in [3.8, 4) is 28.1 Å². The third-order valence-electron chi connectivity index (χ3n) is 7.20. The lowest BCUT2D eigenvalue weighted by Gasteiger charge is -2.13. The summed E-state index contributed by atoms with van der Waals surface area (Å²) >= 11 is 6.63. The quantitative estimate of drug-likeness (QED) is 0.346. The molecule has 1 aliphatic heterocycles. The number of halogens is 1. The summed E-state index contributed by atoms with van der Waals surface area (Å²) in [6, 6.07) is 22.7. The van der Waals surface area contributed by atoms with Crippen molar-refractivity contribution >= 4 is 29.2 Å². The standard InChI is InChI=1S/C29H21ClN2O4/c1-36-26-10-8-17(11-20(26)27(33)34)22-14-29(22)21-12-19(23(30)13-25(21)32-28(29)35)24-9-7-18(15-31-24)16-5-3-2-4-6-16/h2-13,15,22H,14H2,1H3,(H,32,35)(H,33,34). The van der Waals surface area contributed by atoms with Crippen molar-refractivity contribution in [2.45, 2.75) is 17.8 Å². The van der Waals surface area contributed by atoms with Crippen LogP contribution in [0.5, 0.6) is 5.75 Å². The average molecular weight is 497 g/mol. The Bertz CT molecular complexity index is 1540. The van der Waals surface area contributed by atoms with Crippen LogP contribution in [0.25, 0.3) is 22.4 Å². The number of carboxylic acids is 1. The number of rotatable bonds is 5. The second-order valence-corrected chi connectivity index (χ2v) is 9.53. The highest BCUT2D eigenvalue weighted by atomic mass is 35.5. The van der Waals surface area contributed by atoms with Gasteiger partial charge in [-0.15, -0.1) is 0 Å². The molecule has 0 radical (unpaired) electrons. The van der Waals surface area contributed by atoms with E-state index in [1.807, 2.05) is 60.8 Å². The number of nitrogens with one attached hydrogen (secondary N) is 1. The number of amides is 1. The van der Waals surface area contributed by atoms with Gasteiger partial charge < -0.3 is 15.2 Å². The molecule has 1 amide bonds. The van der Waals surface area contributed by atoms with Crippen LogP contribution in [-0.2, 0) is 10.2 Å². The van der Waals surface area contributed by atoms with Crippen LogP contribution < -0.4 is 10.1 Å².